The predicted octanol–water partition coefficient (Wildman–Crippen LogP) is 0.989. The molecule has 0 bridgehead atoms. The van der Waals surface area contributed by atoms with Gasteiger partial charge in [-0.15, -0.1) is 0 Å². The molecular weight excluding hydrogens is 266 g/mol. The molecule has 1 unspecified atom stereocenters. The van der Waals surface area contributed by atoms with E-state index >= 15 is 0 Å². The maximum Gasteiger partial charge on any atom is 0.252 e. The van der Waals surface area contributed by atoms with Crippen molar-refractivity contribution in [3.8, 4) is 0 Å². The first-order chi connectivity index (χ1) is 9.96. The van der Waals surface area contributed by atoms with Gasteiger partial charge in [-0.2, -0.15) is 0 Å². The summed E-state index contributed by atoms with van der Waals surface area (Å²) < 4.78 is 1.41. The van der Waals surface area contributed by atoms with Gasteiger partial charge in [0, 0.05) is 31.4 Å². The van der Waals surface area contributed by atoms with Crippen LogP contribution in [0, 0.1) is 0 Å². The van der Waals surface area contributed by atoms with Crippen molar-refractivity contribution in [2.45, 2.75) is 12.5 Å². The Bertz CT molecular complexity index is 694. The number of benzene rings is 1. The van der Waals surface area contributed by atoms with Gasteiger partial charge in [0.1, 0.15) is 0 Å². The van der Waals surface area contributed by atoms with Crippen molar-refractivity contribution < 1.29 is 4.79 Å². The van der Waals surface area contributed by atoms with Crippen LogP contribution in [-0.4, -0.2) is 17.0 Å². The Kier molecular flexibility index (Phi) is 4.23. The minimum Gasteiger partial charge on any atom is -0.342 e. The van der Waals surface area contributed by atoms with E-state index in [1.807, 2.05) is 37.3 Å². The smallest absolute Gasteiger partial charge is 0.252 e. The van der Waals surface area contributed by atoms with E-state index in [4.69, 9.17) is 5.73 Å². The molecule has 0 saturated carbocycles. The maximum absolute atomic E-state index is 12.3. The zero-order chi connectivity index (χ0) is 15.5. The Morgan fingerprint density at radius 2 is 1.95 bits per heavy atom. The average Bonchev–Trinajstić information content (AvgIpc) is 2.50. The van der Waals surface area contributed by atoms with Crippen LogP contribution in [0.4, 0.5) is 0 Å². The monoisotopic (exact) mass is 285 g/mol. The van der Waals surface area contributed by atoms with Gasteiger partial charge in [0.05, 0.1) is 5.54 Å². The summed E-state index contributed by atoms with van der Waals surface area (Å²) in [7, 11) is 1.64. The van der Waals surface area contributed by atoms with Crippen LogP contribution >= 0.6 is 0 Å². The summed E-state index contributed by atoms with van der Waals surface area (Å²) >= 11 is 0. The third-order valence-electron chi connectivity index (χ3n) is 3.58. The molecule has 1 aromatic heterocycles. The summed E-state index contributed by atoms with van der Waals surface area (Å²) in [6.07, 6.45) is 1.57. The summed E-state index contributed by atoms with van der Waals surface area (Å²) in [5.41, 5.74) is 6.18. The van der Waals surface area contributed by atoms with E-state index in [0.717, 1.165) is 5.56 Å². The molecule has 5 nitrogen and oxygen atoms in total. The molecule has 21 heavy (non-hydrogen) atoms. The molecule has 1 amide bonds. The number of nitrogens with zero attached hydrogens (tertiary/aromatic N) is 1. The van der Waals surface area contributed by atoms with Gasteiger partial charge in [-0.05, 0) is 18.6 Å². The standard InChI is InChI=1S/C16H19N3O2/c1-16(11-17,13-6-4-3-5-7-13)18-15(21)12-8-9-19(2)14(20)10-12/h3-10H,11,17H2,1-2H3,(H,18,21). The minimum atomic E-state index is -0.681. The van der Waals surface area contributed by atoms with Gasteiger partial charge in [0.2, 0.25) is 0 Å². The van der Waals surface area contributed by atoms with Gasteiger partial charge in [-0.1, -0.05) is 30.3 Å². The maximum atomic E-state index is 12.3. The van der Waals surface area contributed by atoms with Gasteiger partial charge in [0.25, 0.3) is 11.5 Å². The number of nitrogens with one attached hydrogen (secondary N) is 1. The number of rotatable bonds is 4. The summed E-state index contributed by atoms with van der Waals surface area (Å²) in [5.74, 6) is -0.315. The first-order valence-corrected chi connectivity index (χ1v) is 6.71. The van der Waals surface area contributed by atoms with Crippen molar-refractivity contribution >= 4 is 5.91 Å². The topological polar surface area (TPSA) is 77.1 Å². The van der Waals surface area contributed by atoms with E-state index in [2.05, 4.69) is 5.32 Å². The van der Waals surface area contributed by atoms with Gasteiger partial charge in [-0.25, -0.2) is 0 Å². The quantitative estimate of drug-likeness (QED) is 0.879. The summed E-state index contributed by atoms with van der Waals surface area (Å²) in [5, 5.41) is 2.91. The zero-order valence-electron chi connectivity index (χ0n) is 12.2. The molecule has 2 aromatic rings. The average molecular weight is 285 g/mol. The van der Waals surface area contributed by atoms with E-state index in [1.165, 1.54) is 10.6 Å². The van der Waals surface area contributed by atoms with Gasteiger partial charge >= 0.3 is 0 Å². The van der Waals surface area contributed by atoms with Gasteiger partial charge < -0.3 is 15.6 Å². The lowest BCUT2D eigenvalue weighted by molar-refractivity contribution is 0.0907. The van der Waals surface area contributed by atoms with Crippen LogP contribution in [0.3, 0.4) is 0 Å². The second kappa shape index (κ2) is 5.93. The molecule has 0 fully saturated rings. The number of hydrogen-bond donors (Lipinski definition) is 2. The van der Waals surface area contributed by atoms with Crippen molar-refractivity contribution in [2.24, 2.45) is 12.8 Å². The highest BCUT2D eigenvalue weighted by Gasteiger charge is 2.27. The highest BCUT2D eigenvalue weighted by molar-refractivity contribution is 5.94. The minimum absolute atomic E-state index is 0.225. The molecule has 3 N–H and O–H groups in total. The molecule has 110 valence electrons. The molecule has 0 aliphatic rings. The summed E-state index contributed by atoms with van der Waals surface area (Å²) in [6, 6.07) is 12.5. The molecule has 0 spiro atoms. The highest BCUT2D eigenvalue weighted by Crippen LogP contribution is 2.19. The largest absolute Gasteiger partial charge is 0.342 e. The van der Waals surface area contributed by atoms with Crippen molar-refractivity contribution in [1.29, 1.82) is 0 Å². The van der Waals surface area contributed by atoms with Crippen LogP contribution in [0.1, 0.15) is 22.8 Å². The van der Waals surface area contributed by atoms with Crippen molar-refractivity contribution in [2.75, 3.05) is 6.54 Å². The lowest BCUT2D eigenvalue weighted by Gasteiger charge is -2.30. The second-order valence-corrected chi connectivity index (χ2v) is 5.22. The SMILES string of the molecule is Cn1ccc(C(=O)NC(C)(CN)c2ccccc2)cc1=O. The van der Waals surface area contributed by atoms with Crippen molar-refractivity contribution in [3.63, 3.8) is 0 Å². The van der Waals surface area contributed by atoms with E-state index in [9.17, 15) is 9.59 Å². The molecule has 1 aromatic carbocycles. The Morgan fingerprint density at radius 3 is 2.52 bits per heavy atom. The van der Waals surface area contributed by atoms with Crippen LogP contribution in [0.25, 0.3) is 0 Å². The van der Waals surface area contributed by atoms with E-state index < -0.39 is 5.54 Å². The number of aryl methyl sites for hydroxylation is 1. The normalized spacial score (nSPS) is 13.5. The fourth-order valence-electron chi connectivity index (χ4n) is 2.06. The zero-order valence-corrected chi connectivity index (χ0v) is 12.2. The number of carbonyl (C=O) groups excluding carboxylic acids is 1. The first kappa shape index (κ1) is 15.0. The summed E-state index contributed by atoms with van der Waals surface area (Å²) in [6.45, 7) is 2.12. The molecule has 1 atom stereocenters. The fraction of sp³-hybridized carbons (Fsp3) is 0.250. The Labute approximate surface area is 123 Å². The third kappa shape index (κ3) is 3.20. The van der Waals surface area contributed by atoms with E-state index in [0.29, 0.717) is 5.56 Å². The molecular formula is C16H19N3O2. The highest BCUT2D eigenvalue weighted by atomic mass is 16.2. The number of hydrogen-bond acceptors (Lipinski definition) is 3. The number of pyridine rings is 1. The van der Waals surface area contributed by atoms with Gasteiger partial charge in [0.15, 0.2) is 0 Å². The number of aromatic nitrogens is 1. The number of amides is 1. The van der Waals surface area contributed by atoms with E-state index in [-0.39, 0.29) is 18.0 Å². The predicted molar refractivity (Wildman–Crippen MR) is 82.0 cm³/mol. The lowest BCUT2D eigenvalue weighted by Crippen LogP contribution is -2.49. The molecule has 0 aliphatic carbocycles. The van der Waals surface area contributed by atoms with Gasteiger partial charge in [-0.3, -0.25) is 9.59 Å². The Hall–Kier alpha value is -2.40. The third-order valence-corrected chi connectivity index (χ3v) is 3.58. The van der Waals surface area contributed by atoms with Crippen LogP contribution in [0.15, 0.2) is 53.5 Å². The number of nitrogens with two attached hydrogens (primary N) is 1. The lowest BCUT2D eigenvalue weighted by atomic mass is 9.91. The molecule has 5 heteroatoms. The first-order valence-electron chi connectivity index (χ1n) is 6.71. The molecule has 0 saturated heterocycles. The van der Waals surface area contributed by atoms with Crippen LogP contribution in [0.5, 0.6) is 0 Å². The second-order valence-electron chi connectivity index (χ2n) is 5.22. The molecule has 1 heterocycles. The summed E-state index contributed by atoms with van der Waals surface area (Å²) in [4.78, 5) is 23.9. The van der Waals surface area contributed by atoms with Crippen LogP contribution in [0.2, 0.25) is 0 Å². The Morgan fingerprint density at radius 1 is 1.29 bits per heavy atom. The van der Waals surface area contributed by atoms with Crippen molar-refractivity contribution in [1.82, 2.24) is 9.88 Å². The number of carbonyl (C=O) groups is 1. The molecule has 2 rings (SSSR count). The Balaban J connectivity index is 2.28. The van der Waals surface area contributed by atoms with Crippen LogP contribution in [-0.2, 0) is 12.6 Å². The molecule has 0 aliphatic heterocycles. The molecule has 0 radical (unpaired) electrons. The fourth-order valence-corrected chi connectivity index (χ4v) is 2.06. The van der Waals surface area contributed by atoms with E-state index in [1.54, 1.807) is 19.3 Å². The van der Waals surface area contributed by atoms with Crippen molar-refractivity contribution in [3.05, 3.63) is 70.1 Å². The van der Waals surface area contributed by atoms with Crippen LogP contribution < -0.4 is 16.6 Å².